The Morgan fingerprint density at radius 1 is 0.967 bits per heavy atom. The quantitative estimate of drug-likeness (QED) is 0.684. The van der Waals surface area contributed by atoms with Crippen LogP contribution in [0.25, 0.3) is 0 Å². The molecule has 0 bridgehead atoms. The van der Waals surface area contributed by atoms with Gasteiger partial charge >= 0.3 is 0 Å². The van der Waals surface area contributed by atoms with Gasteiger partial charge in [-0.25, -0.2) is 15.0 Å². The molecule has 30 heavy (non-hydrogen) atoms. The number of aromatic nitrogens is 3. The predicted octanol–water partition coefficient (Wildman–Crippen LogP) is 5.19. The van der Waals surface area contributed by atoms with Crippen molar-refractivity contribution in [3.05, 3.63) is 47.2 Å². The van der Waals surface area contributed by atoms with E-state index in [1.807, 2.05) is 12.3 Å². The molecule has 2 aliphatic carbocycles. The van der Waals surface area contributed by atoms with E-state index in [1.165, 1.54) is 68.2 Å². The zero-order valence-electron chi connectivity index (χ0n) is 18.1. The number of rotatable bonds is 5. The van der Waals surface area contributed by atoms with Gasteiger partial charge < -0.3 is 4.74 Å². The minimum atomic E-state index is 0.334. The summed E-state index contributed by atoms with van der Waals surface area (Å²) in [4.78, 5) is 16.8. The Bertz CT molecular complexity index is 843. The second-order valence-corrected chi connectivity index (χ2v) is 9.34. The highest BCUT2D eigenvalue weighted by Gasteiger charge is 2.24. The average Bonchev–Trinajstić information content (AvgIpc) is 2.81. The summed E-state index contributed by atoms with van der Waals surface area (Å²) >= 11 is 0. The molecule has 0 spiro atoms. The molecule has 2 fully saturated rings. The molecule has 160 valence electrons. The van der Waals surface area contributed by atoms with Gasteiger partial charge in [0.25, 0.3) is 0 Å². The van der Waals surface area contributed by atoms with Crippen LogP contribution in [0.5, 0.6) is 5.88 Å². The van der Waals surface area contributed by atoms with Crippen molar-refractivity contribution >= 4 is 0 Å². The highest BCUT2D eigenvalue weighted by atomic mass is 16.5. The van der Waals surface area contributed by atoms with Crippen molar-refractivity contribution in [2.24, 2.45) is 0 Å². The second kappa shape index (κ2) is 9.42. The molecule has 2 saturated carbocycles. The molecule has 0 aromatic carbocycles. The van der Waals surface area contributed by atoms with Crippen LogP contribution in [-0.4, -0.2) is 32.5 Å². The molecule has 3 heterocycles. The SMILES string of the molecule is c1cnc(OC2CCCCC2)c(CN2CCc3nc(C4CCCCC4)ncc3C2)c1. The molecule has 2 aromatic rings. The summed E-state index contributed by atoms with van der Waals surface area (Å²) in [5, 5.41) is 0. The molecular weight excluding hydrogens is 372 g/mol. The molecular formula is C25H34N4O. The van der Waals surface area contributed by atoms with Crippen LogP contribution in [0.2, 0.25) is 0 Å². The van der Waals surface area contributed by atoms with Crippen LogP contribution in [0.1, 0.15) is 92.8 Å². The number of pyridine rings is 1. The first-order valence-corrected chi connectivity index (χ1v) is 12.0. The van der Waals surface area contributed by atoms with Crippen LogP contribution in [0, 0.1) is 0 Å². The first-order chi connectivity index (χ1) is 14.8. The van der Waals surface area contributed by atoms with Crippen LogP contribution in [0.15, 0.2) is 24.5 Å². The maximum atomic E-state index is 6.32. The Kier molecular flexibility index (Phi) is 6.26. The van der Waals surface area contributed by atoms with Gasteiger partial charge in [0.1, 0.15) is 11.9 Å². The molecule has 5 rings (SSSR count). The van der Waals surface area contributed by atoms with Crippen molar-refractivity contribution in [2.45, 2.75) is 95.7 Å². The standard InChI is InChI=1S/C25H34N4O/c1-3-8-19(9-4-1)24-27-16-21-18-29(15-13-23(21)28-24)17-20-10-7-14-26-25(20)30-22-11-5-2-6-12-22/h7,10,14,16,19,22H,1-6,8-9,11-13,15,17-18H2. The van der Waals surface area contributed by atoms with Crippen molar-refractivity contribution in [2.75, 3.05) is 6.54 Å². The topological polar surface area (TPSA) is 51.1 Å². The maximum absolute atomic E-state index is 6.32. The smallest absolute Gasteiger partial charge is 0.218 e. The molecule has 0 amide bonds. The van der Waals surface area contributed by atoms with E-state index in [9.17, 15) is 0 Å². The Morgan fingerprint density at radius 2 is 1.77 bits per heavy atom. The number of fused-ring (bicyclic) bond motifs is 1. The van der Waals surface area contributed by atoms with Crippen LogP contribution >= 0.6 is 0 Å². The van der Waals surface area contributed by atoms with Crippen molar-refractivity contribution in [3.63, 3.8) is 0 Å². The lowest BCUT2D eigenvalue weighted by atomic mass is 9.88. The number of nitrogens with zero attached hydrogens (tertiary/aromatic N) is 4. The van der Waals surface area contributed by atoms with Gasteiger partial charge in [0.2, 0.25) is 5.88 Å². The van der Waals surface area contributed by atoms with Crippen molar-refractivity contribution < 1.29 is 4.74 Å². The Balaban J connectivity index is 1.24. The molecule has 5 heteroatoms. The van der Waals surface area contributed by atoms with Crippen molar-refractivity contribution in [1.82, 2.24) is 19.9 Å². The average molecular weight is 407 g/mol. The van der Waals surface area contributed by atoms with Crippen LogP contribution in [-0.2, 0) is 19.5 Å². The van der Waals surface area contributed by atoms with E-state index in [0.717, 1.165) is 50.6 Å². The van der Waals surface area contributed by atoms with Crippen LogP contribution < -0.4 is 4.74 Å². The molecule has 3 aliphatic rings. The molecule has 0 N–H and O–H groups in total. The first-order valence-electron chi connectivity index (χ1n) is 12.0. The van der Waals surface area contributed by atoms with E-state index in [-0.39, 0.29) is 0 Å². The predicted molar refractivity (Wildman–Crippen MR) is 117 cm³/mol. The fraction of sp³-hybridized carbons (Fsp3) is 0.640. The zero-order chi connectivity index (χ0) is 20.2. The van der Waals surface area contributed by atoms with Gasteiger partial charge in [-0.05, 0) is 44.6 Å². The van der Waals surface area contributed by atoms with Gasteiger partial charge in [-0.1, -0.05) is 31.7 Å². The Labute approximate surface area is 180 Å². The third-order valence-corrected chi connectivity index (χ3v) is 7.08. The largest absolute Gasteiger partial charge is 0.474 e. The molecule has 2 aromatic heterocycles. The molecule has 0 radical (unpaired) electrons. The first kappa shape index (κ1) is 19.9. The highest BCUT2D eigenvalue weighted by molar-refractivity contribution is 5.27. The second-order valence-electron chi connectivity index (χ2n) is 9.34. The van der Waals surface area contributed by atoms with Crippen LogP contribution in [0.4, 0.5) is 0 Å². The summed E-state index contributed by atoms with van der Waals surface area (Å²) in [6, 6.07) is 4.20. The lowest BCUT2D eigenvalue weighted by molar-refractivity contribution is 0.143. The Hall–Kier alpha value is -2.01. The van der Waals surface area contributed by atoms with E-state index in [0.29, 0.717) is 12.0 Å². The summed E-state index contributed by atoms with van der Waals surface area (Å²) in [5.74, 6) is 2.51. The van der Waals surface area contributed by atoms with E-state index in [2.05, 4.69) is 22.1 Å². The van der Waals surface area contributed by atoms with E-state index >= 15 is 0 Å². The number of hydrogen-bond acceptors (Lipinski definition) is 5. The van der Waals surface area contributed by atoms with E-state index in [4.69, 9.17) is 14.7 Å². The molecule has 1 aliphatic heterocycles. The minimum Gasteiger partial charge on any atom is -0.474 e. The fourth-order valence-corrected chi connectivity index (χ4v) is 5.31. The van der Waals surface area contributed by atoms with Gasteiger partial charge in [-0.2, -0.15) is 0 Å². The minimum absolute atomic E-state index is 0.334. The van der Waals surface area contributed by atoms with Gasteiger partial charge in [0.05, 0.1) is 0 Å². The molecule has 0 unspecified atom stereocenters. The highest BCUT2D eigenvalue weighted by Crippen LogP contribution is 2.32. The van der Waals surface area contributed by atoms with Crippen LogP contribution in [0.3, 0.4) is 0 Å². The van der Waals surface area contributed by atoms with E-state index < -0.39 is 0 Å². The lowest BCUT2D eigenvalue weighted by Crippen LogP contribution is -2.32. The maximum Gasteiger partial charge on any atom is 0.218 e. The third-order valence-electron chi connectivity index (χ3n) is 7.08. The van der Waals surface area contributed by atoms with Crippen molar-refractivity contribution in [3.8, 4) is 5.88 Å². The monoisotopic (exact) mass is 406 g/mol. The normalized spacial score (nSPS) is 21.3. The molecule has 5 nitrogen and oxygen atoms in total. The van der Waals surface area contributed by atoms with Gasteiger partial charge in [-0.15, -0.1) is 0 Å². The number of hydrogen-bond donors (Lipinski definition) is 0. The molecule has 0 saturated heterocycles. The lowest BCUT2D eigenvalue weighted by Gasteiger charge is -2.30. The summed E-state index contributed by atoms with van der Waals surface area (Å²) in [7, 11) is 0. The summed E-state index contributed by atoms with van der Waals surface area (Å²) in [5.41, 5.74) is 3.76. The van der Waals surface area contributed by atoms with E-state index in [1.54, 1.807) is 0 Å². The van der Waals surface area contributed by atoms with Gasteiger partial charge in [-0.3, -0.25) is 4.90 Å². The summed E-state index contributed by atoms with van der Waals surface area (Å²) in [6.45, 7) is 2.82. The van der Waals surface area contributed by atoms with Gasteiger partial charge in [0, 0.05) is 61.2 Å². The Morgan fingerprint density at radius 3 is 2.60 bits per heavy atom. The summed E-state index contributed by atoms with van der Waals surface area (Å²) in [6.07, 6.45) is 18.1. The molecule has 0 atom stereocenters. The zero-order valence-corrected chi connectivity index (χ0v) is 18.1. The summed E-state index contributed by atoms with van der Waals surface area (Å²) < 4.78 is 6.32. The number of ether oxygens (including phenoxy) is 1. The fourth-order valence-electron chi connectivity index (χ4n) is 5.31. The van der Waals surface area contributed by atoms with Gasteiger partial charge in [0.15, 0.2) is 0 Å². The van der Waals surface area contributed by atoms with Crippen molar-refractivity contribution in [1.29, 1.82) is 0 Å². The third kappa shape index (κ3) is 4.66.